The van der Waals surface area contributed by atoms with Crippen molar-refractivity contribution in [3.05, 3.63) is 0 Å². The van der Waals surface area contributed by atoms with Gasteiger partial charge in [-0.1, -0.05) is 0 Å². The van der Waals surface area contributed by atoms with Gasteiger partial charge in [-0.3, -0.25) is 16.1 Å². The van der Waals surface area contributed by atoms with Crippen LogP contribution in [0.25, 0.3) is 0 Å². The Balaban J connectivity index is 2.04. The van der Waals surface area contributed by atoms with Crippen LogP contribution < -0.4 is 21.5 Å². The van der Waals surface area contributed by atoms with Crippen LogP contribution in [0, 0.1) is 5.92 Å². The number of hydrogen-bond donors (Lipinski definition) is 6. The van der Waals surface area contributed by atoms with Gasteiger partial charge in [0.15, 0.2) is 0 Å². The summed E-state index contributed by atoms with van der Waals surface area (Å²) in [7, 11) is 0. The van der Waals surface area contributed by atoms with Crippen LogP contribution in [0.1, 0.15) is 0 Å². The molecule has 5 nitrogen and oxygen atoms in total. The predicted octanol–water partition coefficient (Wildman–Crippen LogP) is -2.24. The van der Waals surface area contributed by atoms with Crippen molar-refractivity contribution in [1.82, 2.24) is 21.5 Å². The van der Waals surface area contributed by atoms with Gasteiger partial charge in [-0.05, 0) is 0 Å². The molecule has 0 aromatic rings. The number of nitrogens with one attached hydrogen (secondary N) is 4. The van der Waals surface area contributed by atoms with Gasteiger partial charge in [-0.2, -0.15) is 0 Å². The van der Waals surface area contributed by atoms with Crippen molar-refractivity contribution in [1.29, 1.82) is 0 Å². The van der Waals surface area contributed by atoms with E-state index in [0.717, 1.165) is 6.54 Å². The third-order valence-electron chi connectivity index (χ3n) is 2.10. The Morgan fingerprint density at radius 1 is 1.36 bits per heavy atom. The van der Waals surface area contributed by atoms with E-state index >= 15 is 0 Å². The zero-order valence-electron chi connectivity index (χ0n) is 5.91. The molecule has 4 unspecified atom stereocenters. The quantitative estimate of drug-likeness (QED) is 0.236. The second-order valence-electron chi connectivity index (χ2n) is 2.85. The molecular weight excluding hydrogens is 164 g/mol. The van der Waals surface area contributed by atoms with Gasteiger partial charge in [0.05, 0.1) is 6.17 Å². The molecule has 0 aromatic heterocycles. The lowest BCUT2D eigenvalue weighted by molar-refractivity contribution is 0.0332. The molecule has 6 heteroatoms. The van der Waals surface area contributed by atoms with Gasteiger partial charge < -0.3 is 5.11 Å². The average Bonchev–Trinajstić information content (AvgIpc) is 2.34. The van der Waals surface area contributed by atoms with E-state index < -0.39 is 6.23 Å². The third kappa shape index (κ3) is 1.37. The van der Waals surface area contributed by atoms with Crippen LogP contribution in [0.2, 0.25) is 0 Å². The first kappa shape index (κ1) is 7.78. The monoisotopic (exact) mass is 176 g/mol. The van der Waals surface area contributed by atoms with Crippen LogP contribution in [0.3, 0.4) is 0 Å². The topological polar surface area (TPSA) is 68.3 Å². The summed E-state index contributed by atoms with van der Waals surface area (Å²) in [5, 5.41) is 15.5. The standard InChI is InChI=1S/C5H12N4OS/c10-4-2-1-6-9-3(2)7-5(11)8-4/h2-11H,1H2. The number of thiol groups is 1. The highest BCUT2D eigenvalue weighted by atomic mass is 32.1. The van der Waals surface area contributed by atoms with Crippen LogP contribution in [0.15, 0.2) is 0 Å². The molecule has 0 aromatic carbocycles. The minimum Gasteiger partial charge on any atom is -0.378 e. The first-order valence-corrected chi connectivity index (χ1v) is 4.15. The number of hydrogen-bond acceptors (Lipinski definition) is 6. The lowest BCUT2D eigenvalue weighted by atomic mass is 10.0. The van der Waals surface area contributed by atoms with E-state index in [1.807, 2.05) is 0 Å². The SMILES string of the molecule is OC1NC(S)NC2NNCC12. The summed E-state index contributed by atoms with van der Waals surface area (Å²) in [6.07, 6.45) is -0.361. The fourth-order valence-electron chi connectivity index (χ4n) is 1.47. The molecule has 5 N–H and O–H groups in total. The van der Waals surface area contributed by atoms with E-state index in [9.17, 15) is 5.11 Å². The minimum absolute atomic E-state index is 0.119. The van der Waals surface area contributed by atoms with Crippen LogP contribution in [0.5, 0.6) is 0 Å². The van der Waals surface area contributed by atoms with Crippen molar-refractivity contribution in [2.24, 2.45) is 5.92 Å². The molecule has 0 amide bonds. The lowest BCUT2D eigenvalue weighted by Gasteiger charge is -2.34. The second kappa shape index (κ2) is 2.89. The molecule has 0 spiro atoms. The zero-order valence-corrected chi connectivity index (χ0v) is 6.81. The molecule has 11 heavy (non-hydrogen) atoms. The molecule has 0 aliphatic carbocycles. The van der Waals surface area contributed by atoms with E-state index in [1.165, 1.54) is 0 Å². The summed E-state index contributed by atoms with van der Waals surface area (Å²) in [4.78, 5) is 0. The molecule has 2 rings (SSSR count). The van der Waals surface area contributed by atoms with Gasteiger partial charge in [0.25, 0.3) is 0 Å². The Labute approximate surface area is 70.3 Å². The molecule has 2 saturated heterocycles. The van der Waals surface area contributed by atoms with E-state index in [-0.39, 0.29) is 17.6 Å². The van der Waals surface area contributed by atoms with Crippen LogP contribution in [0.4, 0.5) is 0 Å². The first-order valence-electron chi connectivity index (χ1n) is 3.64. The molecule has 64 valence electrons. The van der Waals surface area contributed by atoms with E-state index in [1.54, 1.807) is 0 Å². The molecule has 2 fully saturated rings. The maximum Gasteiger partial charge on any atom is 0.113 e. The molecule has 2 aliphatic rings. The van der Waals surface area contributed by atoms with E-state index in [0.29, 0.717) is 0 Å². The molecule has 0 radical (unpaired) electrons. The number of fused-ring (bicyclic) bond motifs is 1. The predicted molar refractivity (Wildman–Crippen MR) is 43.5 cm³/mol. The Morgan fingerprint density at radius 2 is 2.18 bits per heavy atom. The van der Waals surface area contributed by atoms with Crippen molar-refractivity contribution < 1.29 is 5.11 Å². The maximum atomic E-state index is 9.47. The number of aliphatic hydroxyl groups excluding tert-OH is 1. The molecule has 2 aliphatic heterocycles. The van der Waals surface area contributed by atoms with Crippen LogP contribution >= 0.6 is 12.6 Å². The van der Waals surface area contributed by atoms with Crippen molar-refractivity contribution in [3.63, 3.8) is 0 Å². The number of hydrazine groups is 1. The summed E-state index contributed by atoms with van der Waals surface area (Å²) in [6.45, 7) is 0.770. The Hall–Kier alpha value is 0.150. The fourth-order valence-corrected chi connectivity index (χ4v) is 1.79. The van der Waals surface area contributed by atoms with Crippen molar-refractivity contribution in [2.45, 2.75) is 17.9 Å². The van der Waals surface area contributed by atoms with E-state index in [4.69, 9.17) is 0 Å². The largest absolute Gasteiger partial charge is 0.378 e. The van der Waals surface area contributed by atoms with E-state index in [2.05, 4.69) is 34.1 Å². The summed E-state index contributed by atoms with van der Waals surface area (Å²) < 4.78 is 0. The number of rotatable bonds is 0. The van der Waals surface area contributed by atoms with Crippen LogP contribution in [-0.2, 0) is 0 Å². The summed E-state index contributed by atoms with van der Waals surface area (Å²) in [5.41, 5.74) is 5.84. The highest BCUT2D eigenvalue weighted by molar-refractivity contribution is 7.80. The molecular formula is C5H12N4OS. The summed E-state index contributed by atoms with van der Waals surface area (Å²) in [6, 6.07) is 0. The van der Waals surface area contributed by atoms with Gasteiger partial charge in [-0.25, -0.2) is 5.43 Å². The van der Waals surface area contributed by atoms with Crippen molar-refractivity contribution in [3.8, 4) is 0 Å². The number of aliphatic hydroxyl groups is 1. The normalized spacial score (nSPS) is 50.7. The first-order chi connectivity index (χ1) is 5.27. The second-order valence-corrected chi connectivity index (χ2v) is 3.36. The van der Waals surface area contributed by atoms with Gasteiger partial charge in [0.1, 0.15) is 11.7 Å². The molecule has 0 bridgehead atoms. The summed E-state index contributed by atoms with van der Waals surface area (Å²) >= 11 is 4.15. The van der Waals surface area contributed by atoms with Crippen LogP contribution in [-0.4, -0.2) is 29.5 Å². The smallest absolute Gasteiger partial charge is 0.113 e. The maximum absolute atomic E-state index is 9.47. The average molecular weight is 176 g/mol. The lowest BCUT2D eigenvalue weighted by Crippen LogP contribution is -2.63. The van der Waals surface area contributed by atoms with Crippen molar-refractivity contribution >= 4 is 12.6 Å². The van der Waals surface area contributed by atoms with Crippen molar-refractivity contribution in [2.75, 3.05) is 6.54 Å². The Bertz CT molecular complexity index is 157. The Kier molecular flexibility index (Phi) is 2.04. The van der Waals surface area contributed by atoms with Gasteiger partial charge >= 0.3 is 0 Å². The Morgan fingerprint density at radius 3 is 3.00 bits per heavy atom. The van der Waals surface area contributed by atoms with Gasteiger partial charge in [-0.15, -0.1) is 12.6 Å². The molecule has 2 heterocycles. The molecule has 4 atom stereocenters. The zero-order chi connectivity index (χ0) is 7.84. The summed E-state index contributed by atoms with van der Waals surface area (Å²) in [5.74, 6) is 0.179. The fraction of sp³-hybridized carbons (Fsp3) is 1.00. The van der Waals surface area contributed by atoms with Gasteiger partial charge in [0, 0.05) is 12.5 Å². The highest BCUT2D eigenvalue weighted by Gasteiger charge is 2.37. The molecule has 0 saturated carbocycles. The van der Waals surface area contributed by atoms with Gasteiger partial charge in [0.2, 0.25) is 0 Å². The highest BCUT2D eigenvalue weighted by Crippen LogP contribution is 2.14. The minimum atomic E-state index is -0.480. The third-order valence-corrected chi connectivity index (χ3v) is 2.39.